The van der Waals surface area contributed by atoms with Crippen molar-refractivity contribution < 1.29 is 8.42 Å². The van der Waals surface area contributed by atoms with Gasteiger partial charge in [-0.3, -0.25) is 0 Å². The van der Waals surface area contributed by atoms with Crippen molar-refractivity contribution in [3.05, 3.63) is 35.4 Å². The molecule has 1 aliphatic heterocycles. The molecule has 116 valence electrons. The van der Waals surface area contributed by atoms with E-state index >= 15 is 0 Å². The fourth-order valence-corrected chi connectivity index (χ4v) is 3.78. The molecule has 21 heavy (non-hydrogen) atoms. The minimum Gasteiger partial charge on any atom is -0.389 e. The molecule has 3 N–H and O–H groups in total. The average Bonchev–Trinajstić information content (AvgIpc) is 2.75. The van der Waals surface area contributed by atoms with Crippen LogP contribution in [0.25, 0.3) is 0 Å². The van der Waals surface area contributed by atoms with E-state index in [0.717, 1.165) is 36.8 Å². The predicted molar refractivity (Wildman–Crippen MR) is 88.1 cm³/mol. The van der Waals surface area contributed by atoms with Gasteiger partial charge in [-0.2, -0.15) is 17.4 Å². The van der Waals surface area contributed by atoms with Crippen LogP contribution in [0.1, 0.15) is 36.8 Å². The van der Waals surface area contributed by atoms with Gasteiger partial charge in [0.05, 0.1) is 0 Å². The van der Waals surface area contributed by atoms with E-state index in [1.165, 1.54) is 4.31 Å². The molecule has 1 aromatic rings. The van der Waals surface area contributed by atoms with Crippen molar-refractivity contribution in [2.45, 2.75) is 32.2 Å². The molecule has 0 radical (unpaired) electrons. The van der Waals surface area contributed by atoms with E-state index in [1.807, 2.05) is 24.3 Å². The van der Waals surface area contributed by atoms with Gasteiger partial charge < -0.3 is 5.73 Å². The Morgan fingerprint density at radius 1 is 1.24 bits per heavy atom. The molecular formula is C14H21N3O2S2. The summed E-state index contributed by atoms with van der Waals surface area (Å²) in [4.78, 5) is 0.312. The van der Waals surface area contributed by atoms with Crippen molar-refractivity contribution in [1.82, 2.24) is 9.03 Å². The van der Waals surface area contributed by atoms with Gasteiger partial charge in [0.2, 0.25) is 0 Å². The van der Waals surface area contributed by atoms with Crippen molar-refractivity contribution in [3.63, 3.8) is 0 Å². The standard InChI is InChI=1S/C14H21N3O2S2/c15-14(20)13-7-5-6-12(10-13)11-16-21(18,19)17-8-3-1-2-4-9-17/h5-7,10,16H,1-4,8-9,11H2,(H2,15,20). The van der Waals surface area contributed by atoms with E-state index in [0.29, 0.717) is 18.1 Å². The third kappa shape index (κ3) is 4.74. The molecule has 0 unspecified atom stereocenters. The quantitative estimate of drug-likeness (QED) is 0.804. The summed E-state index contributed by atoms with van der Waals surface area (Å²) >= 11 is 4.93. The number of benzene rings is 1. The lowest BCUT2D eigenvalue weighted by atomic mass is 10.1. The lowest BCUT2D eigenvalue weighted by Crippen LogP contribution is -2.40. The third-order valence-electron chi connectivity index (χ3n) is 3.58. The average molecular weight is 327 g/mol. The summed E-state index contributed by atoms with van der Waals surface area (Å²) in [5, 5.41) is 0. The molecule has 1 aromatic carbocycles. The van der Waals surface area contributed by atoms with Gasteiger partial charge >= 0.3 is 0 Å². The Labute approximate surface area is 131 Å². The Bertz CT molecular complexity index is 594. The van der Waals surface area contributed by atoms with Gasteiger partial charge in [-0.1, -0.05) is 43.3 Å². The molecule has 0 aromatic heterocycles. The lowest BCUT2D eigenvalue weighted by molar-refractivity contribution is 0.414. The van der Waals surface area contributed by atoms with E-state index < -0.39 is 10.2 Å². The first-order chi connectivity index (χ1) is 9.99. The van der Waals surface area contributed by atoms with E-state index in [1.54, 1.807) is 0 Å². The van der Waals surface area contributed by atoms with Crippen LogP contribution in [0.5, 0.6) is 0 Å². The number of rotatable bonds is 5. The zero-order valence-electron chi connectivity index (χ0n) is 11.9. The second-order valence-electron chi connectivity index (χ2n) is 5.20. The van der Waals surface area contributed by atoms with Crippen molar-refractivity contribution >= 4 is 27.4 Å². The normalized spacial score (nSPS) is 17.3. The largest absolute Gasteiger partial charge is 0.389 e. The maximum absolute atomic E-state index is 12.3. The fraction of sp³-hybridized carbons (Fsp3) is 0.500. The Morgan fingerprint density at radius 2 is 1.90 bits per heavy atom. The zero-order valence-corrected chi connectivity index (χ0v) is 13.5. The van der Waals surface area contributed by atoms with Crippen LogP contribution in [-0.2, 0) is 16.8 Å². The number of thiocarbonyl (C=S) groups is 1. The van der Waals surface area contributed by atoms with Gasteiger partial charge in [-0.15, -0.1) is 0 Å². The van der Waals surface area contributed by atoms with Crippen molar-refractivity contribution in [3.8, 4) is 0 Å². The van der Waals surface area contributed by atoms with Crippen molar-refractivity contribution in [2.75, 3.05) is 13.1 Å². The first-order valence-electron chi connectivity index (χ1n) is 7.12. The number of nitrogens with zero attached hydrogens (tertiary/aromatic N) is 1. The molecule has 0 atom stereocenters. The predicted octanol–water partition coefficient (Wildman–Crippen LogP) is 1.53. The summed E-state index contributed by atoms with van der Waals surface area (Å²) in [6.45, 7) is 1.44. The summed E-state index contributed by atoms with van der Waals surface area (Å²) in [7, 11) is -3.42. The molecule has 5 nitrogen and oxygen atoms in total. The lowest BCUT2D eigenvalue weighted by Gasteiger charge is -2.20. The van der Waals surface area contributed by atoms with Crippen LogP contribution in [0.15, 0.2) is 24.3 Å². The van der Waals surface area contributed by atoms with E-state index in [2.05, 4.69) is 4.72 Å². The Morgan fingerprint density at radius 3 is 2.52 bits per heavy atom. The molecule has 1 saturated heterocycles. The van der Waals surface area contributed by atoms with Crippen LogP contribution in [0, 0.1) is 0 Å². The molecule has 1 heterocycles. The topological polar surface area (TPSA) is 75.4 Å². The van der Waals surface area contributed by atoms with Gasteiger partial charge in [-0.05, 0) is 24.5 Å². The maximum Gasteiger partial charge on any atom is 0.279 e. The SMILES string of the molecule is NC(=S)c1cccc(CNS(=O)(=O)N2CCCCCC2)c1. The smallest absolute Gasteiger partial charge is 0.279 e. The van der Waals surface area contributed by atoms with E-state index in [-0.39, 0.29) is 6.54 Å². The molecule has 0 aliphatic carbocycles. The minimum atomic E-state index is -3.42. The van der Waals surface area contributed by atoms with Crippen LogP contribution in [-0.4, -0.2) is 30.8 Å². The molecule has 1 aliphatic rings. The van der Waals surface area contributed by atoms with Crippen molar-refractivity contribution in [1.29, 1.82) is 0 Å². The third-order valence-corrected chi connectivity index (χ3v) is 5.36. The zero-order chi connectivity index (χ0) is 15.3. The van der Waals surface area contributed by atoms with Gasteiger partial charge in [0.1, 0.15) is 4.99 Å². The Kier molecular flexibility index (Phi) is 5.69. The summed E-state index contributed by atoms with van der Waals surface area (Å²) in [6, 6.07) is 7.30. The second kappa shape index (κ2) is 7.31. The Hall–Kier alpha value is -1.02. The van der Waals surface area contributed by atoms with E-state index in [9.17, 15) is 8.42 Å². The summed E-state index contributed by atoms with van der Waals surface area (Å²) in [5.41, 5.74) is 7.18. The summed E-state index contributed by atoms with van der Waals surface area (Å²) < 4.78 is 28.8. The van der Waals surface area contributed by atoms with Crippen LogP contribution >= 0.6 is 12.2 Å². The van der Waals surface area contributed by atoms with Gasteiger partial charge in [-0.25, -0.2) is 0 Å². The highest BCUT2D eigenvalue weighted by atomic mass is 32.2. The highest BCUT2D eigenvalue weighted by molar-refractivity contribution is 7.87. The van der Waals surface area contributed by atoms with Crippen LogP contribution in [0.3, 0.4) is 0 Å². The Balaban J connectivity index is 2.00. The summed E-state index contributed by atoms with van der Waals surface area (Å²) in [6.07, 6.45) is 4.06. The maximum atomic E-state index is 12.3. The van der Waals surface area contributed by atoms with Crippen LogP contribution < -0.4 is 10.5 Å². The number of hydrogen-bond acceptors (Lipinski definition) is 3. The van der Waals surface area contributed by atoms with E-state index in [4.69, 9.17) is 18.0 Å². The highest BCUT2D eigenvalue weighted by Gasteiger charge is 2.22. The van der Waals surface area contributed by atoms with Crippen LogP contribution in [0.2, 0.25) is 0 Å². The molecular weight excluding hydrogens is 306 g/mol. The molecule has 2 rings (SSSR count). The number of hydrogen-bond donors (Lipinski definition) is 2. The molecule has 0 spiro atoms. The molecule has 7 heteroatoms. The van der Waals surface area contributed by atoms with Gasteiger partial charge in [0.25, 0.3) is 10.2 Å². The first-order valence-corrected chi connectivity index (χ1v) is 8.97. The monoisotopic (exact) mass is 327 g/mol. The molecule has 0 saturated carbocycles. The van der Waals surface area contributed by atoms with Gasteiger partial charge in [0.15, 0.2) is 0 Å². The molecule has 0 bridgehead atoms. The minimum absolute atomic E-state index is 0.245. The fourth-order valence-electron chi connectivity index (χ4n) is 2.38. The first kappa shape index (κ1) is 16.4. The van der Waals surface area contributed by atoms with Crippen LogP contribution in [0.4, 0.5) is 0 Å². The van der Waals surface area contributed by atoms with Gasteiger partial charge in [0, 0.05) is 25.2 Å². The van der Waals surface area contributed by atoms with Crippen molar-refractivity contribution in [2.24, 2.45) is 5.73 Å². The number of nitrogens with one attached hydrogen (secondary N) is 1. The molecule has 0 amide bonds. The highest BCUT2D eigenvalue weighted by Crippen LogP contribution is 2.13. The summed E-state index contributed by atoms with van der Waals surface area (Å²) in [5.74, 6) is 0. The molecule has 1 fully saturated rings. The second-order valence-corrected chi connectivity index (χ2v) is 7.40. The number of nitrogens with two attached hydrogens (primary N) is 1.